The van der Waals surface area contributed by atoms with Crippen molar-refractivity contribution in [3.8, 4) is 0 Å². The molecule has 0 saturated carbocycles. The van der Waals surface area contributed by atoms with Crippen LogP contribution in [0.1, 0.15) is 26.7 Å². The molecule has 11 heavy (non-hydrogen) atoms. The van der Waals surface area contributed by atoms with Crippen molar-refractivity contribution < 1.29 is 18.6 Å². The van der Waals surface area contributed by atoms with Gasteiger partial charge in [-0.3, -0.25) is 0 Å². The van der Waals surface area contributed by atoms with Gasteiger partial charge in [-0.2, -0.15) is 0 Å². The predicted molar refractivity (Wildman–Crippen MR) is 41.5 cm³/mol. The number of hydrogen-bond donors (Lipinski definition) is 2. The van der Waals surface area contributed by atoms with Gasteiger partial charge in [0.25, 0.3) is 0 Å². The Balaban J connectivity index is 4.46. The molecular weight excluding hydrogens is 168 g/mol. The van der Waals surface area contributed by atoms with Crippen molar-refractivity contribution in [1.29, 1.82) is 0 Å². The second-order valence-corrected chi connectivity index (χ2v) is 4.58. The maximum Gasteiger partial charge on any atom is 0.203 e. The Morgan fingerprint density at radius 1 is 1.09 bits per heavy atom. The van der Waals surface area contributed by atoms with Crippen molar-refractivity contribution in [3.63, 3.8) is 0 Å². The molecule has 0 radical (unpaired) electrons. The van der Waals surface area contributed by atoms with Crippen LogP contribution in [0, 0.1) is 0 Å². The fourth-order valence-corrected chi connectivity index (χ4v) is 1.94. The number of hydrogen-bond acceptors (Lipinski definition) is 4. The Labute approximate surface area is 66.8 Å². The molecule has 0 aromatic heterocycles. The maximum absolute atomic E-state index is 11.0. The zero-order valence-electron chi connectivity index (χ0n) is 6.69. The SMILES string of the molecule is CCC(O)S(=O)(=O)C(O)CC. The minimum absolute atomic E-state index is 0.111. The molecule has 0 rings (SSSR count). The first-order chi connectivity index (χ1) is 4.96. The molecule has 0 spiro atoms. The van der Waals surface area contributed by atoms with Crippen molar-refractivity contribution in [2.45, 2.75) is 37.6 Å². The molecule has 0 aliphatic rings. The third-order valence-corrected chi connectivity index (χ3v) is 3.64. The van der Waals surface area contributed by atoms with Crippen molar-refractivity contribution >= 4 is 9.84 Å². The van der Waals surface area contributed by atoms with E-state index in [1.54, 1.807) is 13.8 Å². The average Bonchev–Trinajstić information content (AvgIpc) is 2.01. The van der Waals surface area contributed by atoms with E-state index in [4.69, 9.17) is 10.2 Å². The van der Waals surface area contributed by atoms with Crippen LogP contribution in [0.2, 0.25) is 0 Å². The highest BCUT2D eigenvalue weighted by molar-refractivity contribution is 7.92. The Kier molecular flexibility index (Phi) is 3.99. The molecule has 0 bridgehead atoms. The molecule has 0 aliphatic heterocycles. The summed E-state index contributed by atoms with van der Waals surface area (Å²) in [5.74, 6) is 0. The Hall–Kier alpha value is -0.130. The number of aliphatic hydroxyl groups excluding tert-OH is 2. The van der Waals surface area contributed by atoms with Crippen LogP contribution in [0.5, 0.6) is 0 Å². The highest BCUT2D eigenvalue weighted by Gasteiger charge is 2.28. The lowest BCUT2D eigenvalue weighted by atomic mass is 10.5. The summed E-state index contributed by atoms with van der Waals surface area (Å²) < 4.78 is 22.0. The molecule has 0 saturated heterocycles. The maximum atomic E-state index is 11.0. The summed E-state index contributed by atoms with van der Waals surface area (Å²) in [6.45, 7) is 3.09. The summed E-state index contributed by atoms with van der Waals surface area (Å²) in [5.41, 5.74) is -2.87. The second-order valence-electron chi connectivity index (χ2n) is 2.31. The minimum atomic E-state index is -3.73. The van der Waals surface area contributed by atoms with Gasteiger partial charge in [0.15, 0.2) is 10.9 Å². The number of aliphatic hydroxyl groups is 2. The zero-order valence-corrected chi connectivity index (χ0v) is 7.50. The largest absolute Gasteiger partial charge is 0.377 e. The lowest BCUT2D eigenvalue weighted by molar-refractivity contribution is 0.206. The molecule has 0 amide bonds. The first kappa shape index (κ1) is 10.9. The first-order valence-electron chi connectivity index (χ1n) is 3.55. The van der Waals surface area contributed by atoms with Gasteiger partial charge in [0.1, 0.15) is 0 Å². The van der Waals surface area contributed by atoms with Gasteiger partial charge in [-0.25, -0.2) is 8.42 Å². The van der Waals surface area contributed by atoms with Gasteiger partial charge < -0.3 is 10.2 Å². The Bertz CT molecular complexity index is 181. The molecular formula is C6H14O4S. The van der Waals surface area contributed by atoms with Gasteiger partial charge in [0.05, 0.1) is 0 Å². The molecule has 68 valence electrons. The quantitative estimate of drug-likeness (QED) is 0.634. The summed E-state index contributed by atoms with van der Waals surface area (Å²) in [7, 11) is -3.73. The van der Waals surface area contributed by atoms with Gasteiger partial charge in [-0.1, -0.05) is 13.8 Å². The Morgan fingerprint density at radius 2 is 1.36 bits per heavy atom. The fraction of sp³-hybridized carbons (Fsp3) is 1.00. The van der Waals surface area contributed by atoms with Gasteiger partial charge in [0, 0.05) is 0 Å². The molecule has 2 atom stereocenters. The highest BCUT2D eigenvalue weighted by Crippen LogP contribution is 2.10. The monoisotopic (exact) mass is 182 g/mol. The van der Waals surface area contributed by atoms with E-state index in [2.05, 4.69) is 0 Å². The summed E-state index contributed by atoms with van der Waals surface area (Å²) in [5, 5.41) is 17.9. The molecule has 4 nitrogen and oxygen atoms in total. The standard InChI is InChI=1S/C6H14O4S/c1-3-5(7)11(9,10)6(8)4-2/h5-8H,3-4H2,1-2H3. The second kappa shape index (κ2) is 4.04. The van der Waals surface area contributed by atoms with Gasteiger partial charge >= 0.3 is 0 Å². The van der Waals surface area contributed by atoms with Crippen LogP contribution in [0.3, 0.4) is 0 Å². The van der Waals surface area contributed by atoms with Gasteiger partial charge in [-0.05, 0) is 12.8 Å². The smallest absolute Gasteiger partial charge is 0.203 e. The average molecular weight is 182 g/mol. The van der Waals surface area contributed by atoms with E-state index in [1.165, 1.54) is 0 Å². The number of rotatable bonds is 4. The molecule has 2 unspecified atom stereocenters. The zero-order chi connectivity index (χ0) is 9.07. The summed E-state index contributed by atoms with van der Waals surface area (Å²) in [6.07, 6.45) is 0.221. The Morgan fingerprint density at radius 3 is 1.55 bits per heavy atom. The minimum Gasteiger partial charge on any atom is -0.377 e. The van der Waals surface area contributed by atoms with Gasteiger partial charge in [0.2, 0.25) is 9.84 Å². The van der Waals surface area contributed by atoms with E-state index in [1.807, 2.05) is 0 Å². The van der Waals surface area contributed by atoms with E-state index in [-0.39, 0.29) is 12.8 Å². The van der Waals surface area contributed by atoms with E-state index in [9.17, 15) is 8.42 Å². The molecule has 5 heteroatoms. The molecule has 0 aromatic carbocycles. The van der Waals surface area contributed by atoms with Gasteiger partial charge in [-0.15, -0.1) is 0 Å². The third kappa shape index (κ3) is 2.43. The van der Waals surface area contributed by atoms with Crippen molar-refractivity contribution in [3.05, 3.63) is 0 Å². The fourth-order valence-electron chi connectivity index (χ4n) is 0.646. The van der Waals surface area contributed by atoms with Crippen LogP contribution in [-0.4, -0.2) is 29.5 Å². The van der Waals surface area contributed by atoms with Crippen LogP contribution >= 0.6 is 0 Å². The lowest BCUT2D eigenvalue weighted by Gasteiger charge is -2.13. The normalized spacial score (nSPS) is 17.8. The van der Waals surface area contributed by atoms with Crippen LogP contribution in [0.15, 0.2) is 0 Å². The van der Waals surface area contributed by atoms with Crippen LogP contribution in [0.25, 0.3) is 0 Å². The molecule has 2 N–H and O–H groups in total. The highest BCUT2D eigenvalue weighted by atomic mass is 32.2. The molecule has 0 heterocycles. The van der Waals surface area contributed by atoms with Crippen LogP contribution in [-0.2, 0) is 9.84 Å². The number of sulfone groups is 1. The van der Waals surface area contributed by atoms with Crippen molar-refractivity contribution in [2.75, 3.05) is 0 Å². The van der Waals surface area contributed by atoms with Crippen molar-refractivity contribution in [2.24, 2.45) is 0 Å². The van der Waals surface area contributed by atoms with Crippen LogP contribution < -0.4 is 0 Å². The van der Waals surface area contributed by atoms with E-state index < -0.39 is 20.7 Å². The van der Waals surface area contributed by atoms with E-state index in [0.717, 1.165) is 0 Å². The summed E-state index contributed by atoms with van der Waals surface area (Å²) in [6, 6.07) is 0. The third-order valence-electron chi connectivity index (χ3n) is 1.46. The first-order valence-corrected chi connectivity index (χ1v) is 5.16. The topological polar surface area (TPSA) is 74.6 Å². The van der Waals surface area contributed by atoms with Crippen LogP contribution in [0.4, 0.5) is 0 Å². The molecule has 0 aliphatic carbocycles. The summed E-state index contributed by atoms with van der Waals surface area (Å²) >= 11 is 0. The van der Waals surface area contributed by atoms with Crippen molar-refractivity contribution in [1.82, 2.24) is 0 Å². The van der Waals surface area contributed by atoms with E-state index in [0.29, 0.717) is 0 Å². The predicted octanol–water partition coefficient (Wildman–Crippen LogP) is -0.142. The lowest BCUT2D eigenvalue weighted by Crippen LogP contribution is -2.30. The van der Waals surface area contributed by atoms with E-state index >= 15 is 0 Å². The summed E-state index contributed by atoms with van der Waals surface area (Å²) in [4.78, 5) is 0. The molecule has 0 aromatic rings. The molecule has 0 fully saturated rings.